The van der Waals surface area contributed by atoms with Gasteiger partial charge < -0.3 is 14.5 Å². The number of hydrogen-bond donors (Lipinski definition) is 0. The van der Waals surface area contributed by atoms with Crippen LogP contribution in [-0.4, -0.2) is 48.1 Å². The molecular weight excluding hydrogens is 314 g/mol. The van der Waals surface area contributed by atoms with Crippen molar-refractivity contribution in [2.75, 3.05) is 31.2 Å². The van der Waals surface area contributed by atoms with Crippen molar-refractivity contribution < 1.29 is 9.53 Å². The topological polar surface area (TPSA) is 45.7 Å². The fraction of sp³-hybridized carbons (Fsp3) is 0.400. The molecule has 0 N–H and O–H groups in total. The number of carbonyl (C=O) groups is 1. The molecular formula is C20H25N3O2. The Hall–Kier alpha value is -2.40. The predicted octanol–water partition coefficient (Wildman–Crippen LogP) is 2.97. The number of anilines is 1. The highest BCUT2D eigenvalue weighted by atomic mass is 16.5. The molecule has 1 aliphatic rings. The molecule has 0 atom stereocenters. The minimum atomic E-state index is -0.0348. The Morgan fingerprint density at radius 3 is 2.48 bits per heavy atom. The van der Waals surface area contributed by atoms with E-state index in [9.17, 15) is 4.79 Å². The van der Waals surface area contributed by atoms with E-state index < -0.39 is 0 Å². The Labute approximate surface area is 149 Å². The molecule has 132 valence electrons. The molecule has 0 unspecified atom stereocenters. The van der Waals surface area contributed by atoms with Gasteiger partial charge in [-0.05, 0) is 31.5 Å². The summed E-state index contributed by atoms with van der Waals surface area (Å²) in [5.41, 5.74) is 2.65. The molecule has 1 saturated heterocycles. The number of amides is 1. The van der Waals surface area contributed by atoms with Gasteiger partial charge in [0.05, 0.1) is 25.1 Å². The number of hydrogen-bond acceptors (Lipinski definition) is 4. The standard InChI is InChI=1S/C20H25N3O2/c1-16(2)23(15-17-6-4-3-5-7-17)20(24)19-9-8-18(14-21-19)22-10-12-25-13-11-22/h3-9,14,16H,10-13,15H2,1-2H3. The monoisotopic (exact) mass is 339 g/mol. The van der Waals surface area contributed by atoms with Gasteiger partial charge in [-0.2, -0.15) is 0 Å². The van der Waals surface area contributed by atoms with Crippen LogP contribution < -0.4 is 4.90 Å². The molecule has 0 saturated carbocycles. The molecule has 0 spiro atoms. The van der Waals surface area contributed by atoms with E-state index in [1.165, 1.54) is 0 Å². The molecule has 1 aromatic carbocycles. The molecule has 2 heterocycles. The zero-order valence-corrected chi connectivity index (χ0v) is 14.9. The van der Waals surface area contributed by atoms with E-state index in [4.69, 9.17) is 4.74 Å². The molecule has 1 amide bonds. The van der Waals surface area contributed by atoms with Crippen molar-refractivity contribution in [2.45, 2.75) is 26.4 Å². The number of ether oxygens (including phenoxy) is 1. The van der Waals surface area contributed by atoms with Crippen molar-refractivity contribution >= 4 is 11.6 Å². The van der Waals surface area contributed by atoms with Gasteiger partial charge in [0, 0.05) is 25.7 Å². The summed E-state index contributed by atoms with van der Waals surface area (Å²) in [6, 6.07) is 14.0. The highest BCUT2D eigenvalue weighted by molar-refractivity contribution is 5.92. The van der Waals surface area contributed by atoms with Crippen LogP contribution in [0.4, 0.5) is 5.69 Å². The maximum atomic E-state index is 12.9. The molecule has 25 heavy (non-hydrogen) atoms. The summed E-state index contributed by atoms with van der Waals surface area (Å²) in [5.74, 6) is -0.0348. The van der Waals surface area contributed by atoms with Gasteiger partial charge in [0.2, 0.25) is 0 Å². The number of nitrogens with zero attached hydrogens (tertiary/aromatic N) is 3. The summed E-state index contributed by atoms with van der Waals surface area (Å²) in [4.78, 5) is 21.4. The number of aromatic nitrogens is 1. The van der Waals surface area contributed by atoms with Crippen molar-refractivity contribution in [3.05, 3.63) is 59.9 Å². The molecule has 0 radical (unpaired) electrons. The van der Waals surface area contributed by atoms with Crippen LogP contribution in [0.5, 0.6) is 0 Å². The lowest BCUT2D eigenvalue weighted by Gasteiger charge is -2.29. The van der Waals surface area contributed by atoms with Crippen LogP contribution in [0.1, 0.15) is 29.9 Å². The van der Waals surface area contributed by atoms with E-state index in [1.807, 2.05) is 61.2 Å². The lowest BCUT2D eigenvalue weighted by molar-refractivity contribution is 0.0684. The lowest BCUT2D eigenvalue weighted by atomic mass is 10.1. The van der Waals surface area contributed by atoms with Crippen LogP contribution in [0.3, 0.4) is 0 Å². The van der Waals surface area contributed by atoms with Gasteiger partial charge in [-0.25, -0.2) is 4.98 Å². The summed E-state index contributed by atoms with van der Waals surface area (Å²) in [7, 11) is 0. The third kappa shape index (κ3) is 4.37. The quantitative estimate of drug-likeness (QED) is 0.840. The maximum Gasteiger partial charge on any atom is 0.272 e. The van der Waals surface area contributed by atoms with Crippen LogP contribution >= 0.6 is 0 Å². The van der Waals surface area contributed by atoms with E-state index in [0.717, 1.165) is 37.6 Å². The van der Waals surface area contributed by atoms with E-state index in [-0.39, 0.29) is 11.9 Å². The molecule has 5 nitrogen and oxygen atoms in total. The average Bonchev–Trinajstić information content (AvgIpc) is 2.67. The second-order valence-electron chi connectivity index (χ2n) is 6.51. The third-order valence-electron chi connectivity index (χ3n) is 4.42. The Morgan fingerprint density at radius 2 is 1.88 bits per heavy atom. The first kappa shape index (κ1) is 17.4. The molecule has 0 aliphatic carbocycles. The maximum absolute atomic E-state index is 12.9. The molecule has 1 aromatic heterocycles. The second-order valence-corrected chi connectivity index (χ2v) is 6.51. The normalized spacial score (nSPS) is 14.6. The molecule has 1 fully saturated rings. The van der Waals surface area contributed by atoms with Crippen LogP contribution in [0.2, 0.25) is 0 Å². The Bertz CT molecular complexity index is 680. The smallest absolute Gasteiger partial charge is 0.272 e. The van der Waals surface area contributed by atoms with Crippen molar-refractivity contribution in [3.63, 3.8) is 0 Å². The van der Waals surface area contributed by atoms with Gasteiger partial charge in [-0.1, -0.05) is 30.3 Å². The van der Waals surface area contributed by atoms with Crippen molar-refractivity contribution in [3.8, 4) is 0 Å². The highest BCUT2D eigenvalue weighted by Crippen LogP contribution is 2.17. The fourth-order valence-corrected chi connectivity index (χ4v) is 2.94. The summed E-state index contributed by atoms with van der Waals surface area (Å²) in [6.45, 7) is 7.84. The fourth-order valence-electron chi connectivity index (χ4n) is 2.94. The first-order chi connectivity index (χ1) is 12.1. The molecule has 0 bridgehead atoms. The Kier molecular flexibility index (Phi) is 5.66. The lowest BCUT2D eigenvalue weighted by Crippen LogP contribution is -2.37. The summed E-state index contributed by atoms with van der Waals surface area (Å²) in [6.07, 6.45) is 1.79. The Balaban J connectivity index is 1.73. The average molecular weight is 339 g/mol. The first-order valence-corrected chi connectivity index (χ1v) is 8.79. The molecule has 3 rings (SSSR count). The van der Waals surface area contributed by atoms with Crippen LogP contribution in [0, 0.1) is 0 Å². The van der Waals surface area contributed by atoms with Gasteiger partial charge in [-0.15, -0.1) is 0 Å². The SMILES string of the molecule is CC(C)N(Cc1ccccc1)C(=O)c1ccc(N2CCOCC2)cn1. The van der Waals surface area contributed by atoms with Gasteiger partial charge >= 0.3 is 0 Å². The van der Waals surface area contributed by atoms with E-state index >= 15 is 0 Å². The number of carbonyl (C=O) groups excluding carboxylic acids is 1. The van der Waals surface area contributed by atoms with E-state index in [2.05, 4.69) is 9.88 Å². The van der Waals surface area contributed by atoms with Gasteiger partial charge in [0.1, 0.15) is 5.69 Å². The van der Waals surface area contributed by atoms with Crippen molar-refractivity contribution in [2.24, 2.45) is 0 Å². The Morgan fingerprint density at radius 1 is 1.16 bits per heavy atom. The highest BCUT2D eigenvalue weighted by Gasteiger charge is 2.21. The van der Waals surface area contributed by atoms with Gasteiger partial charge in [0.25, 0.3) is 5.91 Å². The summed E-state index contributed by atoms with van der Waals surface area (Å²) >= 11 is 0. The van der Waals surface area contributed by atoms with E-state index in [1.54, 1.807) is 6.20 Å². The largest absolute Gasteiger partial charge is 0.378 e. The predicted molar refractivity (Wildman–Crippen MR) is 98.7 cm³/mol. The number of benzene rings is 1. The molecule has 2 aromatic rings. The minimum Gasteiger partial charge on any atom is -0.378 e. The zero-order valence-electron chi connectivity index (χ0n) is 14.9. The summed E-state index contributed by atoms with van der Waals surface area (Å²) in [5, 5.41) is 0. The number of morpholine rings is 1. The third-order valence-corrected chi connectivity index (χ3v) is 4.42. The van der Waals surface area contributed by atoms with Crippen molar-refractivity contribution in [1.29, 1.82) is 0 Å². The van der Waals surface area contributed by atoms with Gasteiger partial charge in [0.15, 0.2) is 0 Å². The van der Waals surface area contributed by atoms with Crippen LogP contribution in [0.25, 0.3) is 0 Å². The van der Waals surface area contributed by atoms with Crippen LogP contribution in [-0.2, 0) is 11.3 Å². The molecule has 5 heteroatoms. The molecule has 1 aliphatic heterocycles. The minimum absolute atomic E-state index is 0.0348. The first-order valence-electron chi connectivity index (χ1n) is 8.79. The second kappa shape index (κ2) is 8.12. The van der Waals surface area contributed by atoms with Crippen LogP contribution in [0.15, 0.2) is 48.7 Å². The van der Waals surface area contributed by atoms with Gasteiger partial charge in [-0.3, -0.25) is 4.79 Å². The van der Waals surface area contributed by atoms with Crippen molar-refractivity contribution in [1.82, 2.24) is 9.88 Å². The number of pyridine rings is 1. The summed E-state index contributed by atoms with van der Waals surface area (Å²) < 4.78 is 5.37. The zero-order chi connectivity index (χ0) is 17.6. The van der Waals surface area contributed by atoms with E-state index in [0.29, 0.717) is 12.2 Å². The number of rotatable bonds is 5.